The molecule has 7 heteroatoms. The largest absolute Gasteiger partial charge is 0.459 e. The molecule has 3 aromatic carbocycles. The molecule has 1 saturated heterocycles. The van der Waals surface area contributed by atoms with Gasteiger partial charge in [0.05, 0.1) is 17.2 Å². The molecule has 3 atom stereocenters. The fraction of sp³-hybridized carbons (Fsp3) is 0.286. The molecule has 182 valence electrons. The summed E-state index contributed by atoms with van der Waals surface area (Å²) in [5.41, 5.74) is 3.16. The Balaban J connectivity index is 1.52. The zero-order valence-electron chi connectivity index (χ0n) is 19.7. The minimum Gasteiger partial charge on any atom is -0.459 e. The van der Waals surface area contributed by atoms with E-state index in [-0.39, 0.29) is 24.2 Å². The van der Waals surface area contributed by atoms with E-state index in [0.717, 1.165) is 17.2 Å². The average molecular weight is 481 g/mol. The molecule has 1 fully saturated rings. The highest BCUT2D eigenvalue weighted by molar-refractivity contribution is 5.90. The van der Waals surface area contributed by atoms with Gasteiger partial charge in [-0.1, -0.05) is 35.4 Å². The molecule has 0 radical (unpaired) electrons. The summed E-state index contributed by atoms with van der Waals surface area (Å²) in [7, 11) is 0. The Labute approximate surface area is 202 Å². The molecule has 1 heterocycles. The van der Waals surface area contributed by atoms with Crippen molar-refractivity contribution >= 4 is 11.9 Å². The smallest absolute Gasteiger partial charge is 0.338 e. The van der Waals surface area contributed by atoms with Crippen LogP contribution < -0.4 is 0 Å². The van der Waals surface area contributed by atoms with Crippen LogP contribution in [0, 0.1) is 32.4 Å². The van der Waals surface area contributed by atoms with Crippen LogP contribution >= 0.6 is 0 Å². The fourth-order valence-electron chi connectivity index (χ4n) is 3.94. The lowest BCUT2D eigenvalue weighted by atomic mass is 10.0. The van der Waals surface area contributed by atoms with Crippen molar-refractivity contribution in [2.75, 3.05) is 6.61 Å². The summed E-state index contributed by atoms with van der Waals surface area (Å²) in [5.74, 6) is -2.52. The molecular formula is C28H26F2O5. The van der Waals surface area contributed by atoms with Crippen LogP contribution in [-0.2, 0) is 14.2 Å². The van der Waals surface area contributed by atoms with E-state index in [1.54, 1.807) is 48.5 Å². The molecule has 0 N–H and O–H groups in total. The van der Waals surface area contributed by atoms with Crippen LogP contribution in [0.2, 0.25) is 0 Å². The summed E-state index contributed by atoms with van der Waals surface area (Å²) < 4.78 is 45.4. The Morgan fingerprint density at radius 2 is 1.43 bits per heavy atom. The minimum atomic E-state index is -0.825. The normalized spacial score (nSPS) is 19.4. The van der Waals surface area contributed by atoms with Crippen molar-refractivity contribution in [1.82, 2.24) is 0 Å². The van der Waals surface area contributed by atoms with Crippen molar-refractivity contribution in [3.63, 3.8) is 0 Å². The number of esters is 2. The molecule has 0 aromatic heterocycles. The second-order valence-electron chi connectivity index (χ2n) is 8.80. The molecule has 0 unspecified atom stereocenters. The molecule has 3 aromatic rings. The summed E-state index contributed by atoms with van der Waals surface area (Å²) >= 11 is 0. The number of halogens is 2. The average Bonchev–Trinajstić information content (AvgIpc) is 3.22. The summed E-state index contributed by atoms with van der Waals surface area (Å²) in [6.07, 6.45) is -2.29. The van der Waals surface area contributed by atoms with Crippen LogP contribution in [0.5, 0.6) is 0 Å². The molecular weight excluding hydrogens is 454 g/mol. The molecule has 4 rings (SSSR count). The van der Waals surface area contributed by atoms with Crippen molar-refractivity contribution in [2.24, 2.45) is 0 Å². The number of carbonyl (C=O) groups excluding carboxylic acids is 2. The van der Waals surface area contributed by atoms with E-state index in [9.17, 15) is 18.4 Å². The zero-order chi connectivity index (χ0) is 25.1. The summed E-state index contributed by atoms with van der Waals surface area (Å²) in [4.78, 5) is 25.2. The topological polar surface area (TPSA) is 61.8 Å². The van der Waals surface area contributed by atoms with Gasteiger partial charge < -0.3 is 14.2 Å². The minimum absolute atomic E-state index is 0.131. The first-order valence-electron chi connectivity index (χ1n) is 11.3. The van der Waals surface area contributed by atoms with Gasteiger partial charge in [-0.05, 0) is 56.7 Å². The van der Waals surface area contributed by atoms with Gasteiger partial charge in [-0.2, -0.15) is 0 Å². The molecule has 0 spiro atoms. The fourth-order valence-corrected chi connectivity index (χ4v) is 3.94. The third-order valence-electron chi connectivity index (χ3n) is 6.04. The number of rotatable bonds is 6. The van der Waals surface area contributed by atoms with E-state index in [0.29, 0.717) is 11.1 Å². The standard InChI is InChI=1S/C28H26F2O5/c1-16-4-8-19(9-5-16)27(31)33-15-26-25(35-28(32)20-10-6-17(2)7-11-20)14-24(34-26)21-12-18(3)22(29)13-23(21)30/h4-13,24-26H,14-15H2,1-3H3/t24-,25+,26-/m1/s1. The third kappa shape index (κ3) is 5.74. The Kier molecular flexibility index (Phi) is 7.26. The molecule has 0 aliphatic carbocycles. The molecule has 1 aliphatic rings. The van der Waals surface area contributed by atoms with Crippen LogP contribution in [0.1, 0.15) is 55.5 Å². The molecule has 0 bridgehead atoms. The Morgan fingerprint density at radius 1 is 0.857 bits per heavy atom. The molecule has 0 saturated carbocycles. The lowest BCUT2D eigenvalue weighted by Crippen LogP contribution is -2.32. The third-order valence-corrected chi connectivity index (χ3v) is 6.04. The van der Waals surface area contributed by atoms with E-state index < -0.39 is 41.9 Å². The first-order valence-corrected chi connectivity index (χ1v) is 11.3. The van der Waals surface area contributed by atoms with Gasteiger partial charge in [0, 0.05) is 18.1 Å². The molecule has 1 aliphatic heterocycles. The van der Waals surface area contributed by atoms with Gasteiger partial charge in [-0.25, -0.2) is 18.4 Å². The maximum Gasteiger partial charge on any atom is 0.338 e. The van der Waals surface area contributed by atoms with Crippen molar-refractivity contribution in [3.05, 3.63) is 106 Å². The van der Waals surface area contributed by atoms with Crippen molar-refractivity contribution in [2.45, 2.75) is 45.5 Å². The van der Waals surface area contributed by atoms with E-state index in [1.165, 1.54) is 13.0 Å². The highest BCUT2D eigenvalue weighted by Gasteiger charge is 2.41. The monoisotopic (exact) mass is 480 g/mol. The number of ether oxygens (including phenoxy) is 3. The van der Waals surface area contributed by atoms with Crippen LogP contribution in [-0.4, -0.2) is 30.8 Å². The SMILES string of the molecule is Cc1ccc(C(=O)OC[C@H]2O[C@@H](c3cc(C)c(F)cc3F)C[C@@H]2OC(=O)c2ccc(C)cc2)cc1. The predicted molar refractivity (Wildman–Crippen MR) is 125 cm³/mol. The highest BCUT2D eigenvalue weighted by Crippen LogP contribution is 2.37. The number of hydrogen-bond acceptors (Lipinski definition) is 5. The van der Waals surface area contributed by atoms with Crippen molar-refractivity contribution in [1.29, 1.82) is 0 Å². The maximum atomic E-state index is 14.6. The van der Waals surface area contributed by atoms with Crippen LogP contribution in [0.25, 0.3) is 0 Å². The second kappa shape index (κ2) is 10.4. The number of benzene rings is 3. The Bertz CT molecular complexity index is 1220. The highest BCUT2D eigenvalue weighted by atomic mass is 19.1. The lowest BCUT2D eigenvalue weighted by Gasteiger charge is -2.19. The second-order valence-corrected chi connectivity index (χ2v) is 8.80. The van der Waals surface area contributed by atoms with Gasteiger partial charge in [0.25, 0.3) is 0 Å². The quantitative estimate of drug-likeness (QED) is 0.417. The predicted octanol–water partition coefficient (Wildman–Crippen LogP) is 5.80. The van der Waals surface area contributed by atoms with E-state index in [1.807, 2.05) is 13.8 Å². The first kappa shape index (κ1) is 24.5. The summed E-state index contributed by atoms with van der Waals surface area (Å²) in [6, 6.07) is 16.0. The number of aryl methyl sites for hydroxylation is 3. The molecule has 5 nitrogen and oxygen atoms in total. The van der Waals surface area contributed by atoms with Crippen LogP contribution in [0.4, 0.5) is 8.78 Å². The van der Waals surface area contributed by atoms with E-state index in [4.69, 9.17) is 14.2 Å². The van der Waals surface area contributed by atoms with Crippen molar-refractivity contribution < 1.29 is 32.6 Å². The van der Waals surface area contributed by atoms with Crippen LogP contribution in [0.3, 0.4) is 0 Å². The van der Waals surface area contributed by atoms with E-state index >= 15 is 0 Å². The van der Waals surface area contributed by atoms with Crippen molar-refractivity contribution in [3.8, 4) is 0 Å². The lowest BCUT2D eigenvalue weighted by molar-refractivity contribution is -0.0432. The van der Waals surface area contributed by atoms with Gasteiger partial charge >= 0.3 is 11.9 Å². The summed E-state index contributed by atoms with van der Waals surface area (Å²) in [6.45, 7) is 5.15. The number of carbonyl (C=O) groups is 2. The molecule has 35 heavy (non-hydrogen) atoms. The Morgan fingerprint density at radius 3 is 2.03 bits per heavy atom. The van der Waals surface area contributed by atoms with Gasteiger partial charge in [0.2, 0.25) is 0 Å². The zero-order valence-corrected chi connectivity index (χ0v) is 19.7. The van der Waals surface area contributed by atoms with Gasteiger partial charge in [-0.15, -0.1) is 0 Å². The first-order chi connectivity index (χ1) is 16.7. The maximum absolute atomic E-state index is 14.6. The van der Waals surface area contributed by atoms with Crippen LogP contribution in [0.15, 0.2) is 60.7 Å². The van der Waals surface area contributed by atoms with Gasteiger partial charge in [0.15, 0.2) is 0 Å². The van der Waals surface area contributed by atoms with E-state index in [2.05, 4.69) is 0 Å². The van der Waals surface area contributed by atoms with Gasteiger partial charge in [0.1, 0.15) is 30.4 Å². The summed E-state index contributed by atoms with van der Waals surface area (Å²) in [5, 5.41) is 0. The molecule has 0 amide bonds. The Hall–Kier alpha value is -3.58. The van der Waals surface area contributed by atoms with Gasteiger partial charge in [-0.3, -0.25) is 0 Å². The number of hydrogen-bond donors (Lipinski definition) is 0.